The molecule has 0 unspecified atom stereocenters. The highest BCUT2D eigenvalue weighted by Crippen LogP contribution is 2.08. The standard InChI is InChI=1S/C11H14N2O3S/c14-10(13-6-2-7-16-13)4-5-12-11(15)9-3-1-8-17-9/h1,3,8H,2,4-7H2,(H,12,15). The second-order valence-electron chi connectivity index (χ2n) is 3.67. The second kappa shape index (κ2) is 5.79. The molecule has 17 heavy (non-hydrogen) atoms. The lowest BCUT2D eigenvalue weighted by Crippen LogP contribution is -2.31. The van der Waals surface area contributed by atoms with E-state index in [1.54, 1.807) is 6.07 Å². The molecule has 1 fully saturated rings. The van der Waals surface area contributed by atoms with Crippen molar-refractivity contribution in [3.8, 4) is 0 Å². The third-order valence-corrected chi connectivity index (χ3v) is 3.27. The van der Waals surface area contributed by atoms with Crippen LogP contribution in [0.4, 0.5) is 0 Å². The van der Waals surface area contributed by atoms with E-state index in [0.29, 0.717) is 24.6 Å². The second-order valence-corrected chi connectivity index (χ2v) is 4.61. The molecule has 0 radical (unpaired) electrons. The third kappa shape index (κ3) is 3.28. The van der Waals surface area contributed by atoms with E-state index in [4.69, 9.17) is 4.84 Å². The Morgan fingerprint density at radius 1 is 1.53 bits per heavy atom. The number of thiophene rings is 1. The molecular weight excluding hydrogens is 240 g/mol. The highest BCUT2D eigenvalue weighted by Gasteiger charge is 2.18. The number of amides is 2. The molecule has 5 nitrogen and oxygen atoms in total. The Kier molecular flexibility index (Phi) is 4.11. The first-order valence-corrected chi connectivity index (χ1v) is 6.40. The van der Waals surface area contributed by atoms with Gasteiger partial charge in [-0.05, 0) is 17.9 Å². The molecule has 1 aliphatic heterocycles. The zero-order valence-corrected chi connectivity index (χ0v) is 10.2. The highest BCUT2D eigenvalue weighted by molar-refractivity contribution is 7.12. The molecule has 1 aromatic rings. The number of hydroxylamine groups is 2. The normalized spacial score (nSPS) is 14.9. The van der Waals surface area contributed by atoms with Crippen LogP contribution < -0.4 is 5.32 Å². The fourth-order valence-electron chi connectivity index (χ4n) is 1.55. The van der Waals surface area contributed by atoms with Gasteiger partial charge in [0.1, 0.15) is 0 Å². The Labute approximate surface area is 103 Å². The summed E-state index contributed by atoms with van der Waals surface area (Å²) in [4.78, 5) is 28.9. The van der Waals surface area contributed by atoms with Gasteiger partial charge in [0.15, 0.2) is 0 Å². The molecule has 2 amide bonds. The molecule has 1 aliphatic rings. The number of rotatable bonds is 4. The van der Waals surface area contributed by atoms with Crippen molar-refractivity contribution in [1.82, 2.24) is 10.4 Å². The van der Waals surface area contributed by atoms with Gasteiger partial charge >= 0.3 is 0 Å². The van der Waals surface area contributed by atoms with Gasteiger partial charge in [-0.2, -0.15) is 0 Å². The lowest BCUT2D eigenvalue weighted by molar-refractivity contribution is -0.168. The zero-order chi connectivity index (χ0) is 12.1. The Hall–Kier alpha value is -1.40. The van der Waals surface area contributed by atoms with Crippen molar-refractivity contribution in [1.29, 1.82) is 0 Å². The summed E-state index contributed by atoms with van der Waals surface area (Å²) in [6.45, 7) is 1.60. The zero-order valence-electron chi connectivity index (χ0n) is 9.35. The van der Waals surface area contributed by atoms with Crippen LogP contribution in [0.15, 0.2) is 17.5 Å². The summed E-state index contributed by atoms with van der Waals surface area (Å²) in [6, 6.07) is 3.58. The summed E-state index contributed by atoms with van der Waals surface area (Å²) in [5.74, 6) is -0.205. The van der Waals surface area contributed by atoms with Crippen molar-refractivity contribution >= 4 is 23.2 Å². The number of nitrogens with zero attached hydrogens (tertiary/aromatic N) is 1. The molecule has 2 rings (SSSR count). The van der Waals surface area contributed by atoms with E-state index in [9.17, 15) is 9.59 Å². The van der Waals surface area contributed by atoms with Gasteiger partial charge in [-0.15, -0.1) is 11.3 Å². The van der Waals surface area contributed by atoms with Crippen molar-refractivity contribution in [3.63, 3.8) is 0 Å². The minimum Gasteiger partial charge on any atom is -0.351 e. The molecule has 0 bridgehead atoms. The first kappa shape index (κ1) is 12.1. The molecule has 1 N–H and O–H groups in total. The maximum Gasteiger partial charge on any atom is 0.261 e. The van der Waals surface area contributed by atoms with Crippen LogP contribution in [0.3, 0.4) is 0 Å². The lowest BCUT2D eigenvalue weighted by atomic mass is 10.3. The summed E-state index contributed by atoms with van der Waals surface area (Å²) in [5, 5.41) is 5.93. The van der Waals surface area contributed by atoms with E-state index in [0.717, 1.165) is 6.42 Å². The summed E-state index contributed by atoms with van der Waals surface area (Å²) < 4.78 is 0. The molecule has 2 heterocycles. The Bertz CT molecular complexity index is 385. The molecule has 6 heteroatoms. The molecule has 0 spiro atoms. The fraction of sp³-hybridized carbons (Fsp3) is 0.455. The first-order valence-electron chi connectivity index (χ1n) is 5.52. The van der Waals surface area contributed by atoms with Crippen LogP contribution in [0, 0.1) is 0 Å². The van der Waals surface area contributed by atoms with Crippen molar-refractivity contribution in [2.75, 3.05) is 19.7 Å². The average Bonchev–Trinajstić information content (AvgIpc) is 3.02. The monoisotopic (exact) mass is 254 g/mol. The SMILES string of the molecule is O=C(NCCC(=O)N1CCCO1)c1cccs1. The largest absolute Gasteiger partial charge is 0.351 e. The smallest absolute Gasteiger partial charge is 0.261 e. The quantitative estimate of drug-likeness (QED) is 0.873. The fourth-order valence-corrected chi connectivity index (χ4v) is 2.19. The number of hydrogen-bond acceptors (Lipinski definition) is 4. The molecule has 1 aromatic heterocycles. The number of nitrogens with one attached hydrogen (secondary N) is 1. The number of hydrogen-bond donors (Lipinski definition) is 1. The number of carbonyl (C=O) groups excluding carboxylic acids is 2. The minimum atomic E-state index is -0.129. The van der Waals surface area contributed by atoms with Gasteiger partial charge in [0, 0.05) is 13.0 Å². The van der Waals surface area contributed by atoms with Gasteiger partial charge in [0.25, 0.3) is 5.91 Å². The van der Waals surface area contributed by atoms with Crippen LogP contribution >= 0.6 is 11.3 Å². The van der Waals surface area contributed by atoms with Crippen LogP contribution in [-0.4, -0.2) is 36.6 Å². The molecule has 1 saturated heterocycles. The Balaban J connectivity index is 1.69. The van der Waals surface area contributed by atoms with E-state index < -0.39 is 0 Å². The summed E-state index contributed by atoms with van der Waals surface area (Å²) >= 11 is 1.38. The molecule has 0 aliphatic carbocycles. The van der Waals surface area contributed by atoms with E-state index in [1.807, 2.05) is 11.4 Å². The third-order valence-electron chi connectivity index (χ3n) is 2.40. The van der Waals surface area contributed by atoms with Gasteiger partial charge in [0.2, 0.25) is 5.91 Å². The van der Waals surface area contributed by atoms with E-state index in [2.05, 4.69) is 5.32 Å². The maximum absolute atomic E-state index is 11.6. The van der Waals surface area contributed by atoms with Crippen molar-refractivity contribution in [3.05, 3.63) is 22.4 Å². The average molecular weight is 254 g/mol. The van der Waals surface area contributed by atoms with Gasteiger partial charge in [0.05, 0.1) is 18.0 Å². The van der Waals surface area contributed by atoms with E-state index in [1.165, 1.54) is 16.4 Å². The lowest BCUT2D eigenvalue weighted by Gasteiger charge is -2.13. The van der Waals surface area contributed by atoms with Crippen LogP contribution in [0.1, 0.15) is 22.5 Å². The molecule has 0 saturated carbocycles. The summed E-state index contributed by atoms with van der Waals surface area (Å²) in [6.07, 6.45) is 1.16. The van der Waals surface area contributed by atoms with Gasteiger partial charge in [-0.25, -0.2) is 5.06 Å². The molecular formula is C11H14N2O3S. The van der Waals surface area contributed by atoms with E-state index >= 15 is 0 Å². The predicted octanol–water partition coefficient (Wildman–Crippen LogP) is 1.03. The highest BCUT2D eigenvalue weighted by atomic mass is 32.1. The van der Waals surface area contributed by atoms with Crippen molar-refractivity contribution in [2.24, 2.45) is 0 Å². The maximum atomic E-state index is 11.6. The van der Waals surface area contributed by atoms with Gasteiger partial charge in [-0.1, -0.05) is 6.07 Å². The molecule has 0 atom stereocenters. The van der Waals surface area contributed by atoms with Crippen LogP contribution in [0.2, 0.25) is 0 Å². The van der Waals surface area contributed by atoms with Crippen LogP contribution in [0.25, 0.3) is 0 Å². The Morgan fingerprint density at radius 2 is 2.41 bits per heavy atom. The van der Waals surface area contributed by atoms with Gasteiger partial charge < -0.3 is 5.32 Å². The van der Waals surface area contributed by atoms with E-state index in [-0.39, 0.29) is 18.2 Å². The molecule has 0 aromatic carbocycles. The number of carbonyl (C=O) groups is 2. The topological polar surface area (TPSA) is 58.6 Å². The van der Waals surface area contributed by atoms with Crippen molar-refractivity contribution in [2.45, 2.75) is 12.8 Å². The minimum absolute atomic E-state index is 0.0750. The van der Waals surface area contributed by atoms with Crippen molar-refractivity contribution < 1.29 is 14.4 Å². The first-order chi connectivity index (χ1) is 8.27. The van der Waals surface area contributed by atoms with Crippen LogP contribution in [-0.2, 0) is 9.63 Å². The molecule has 92 valence electrons. The Morgan fingerprint density at radius 3 is 3.06 bits per heavy atom. The van der Waals surface area contributed by atoms with Gasteiger partial charge in [-0.3, -0.25) is 14.4 Å². The summed E-state index contributed by atoms with van der Waals surface area (Å²) in [7, 11) is 0. The van der Waals surface area contributed by atoms with Crippen LogP contribution in [0.5, 0.6) is 0 Å². The predicted molar refractivity (Wildman–Crippen MR) is 63.6 cm³/mol. The summed E-state index contributed by atoms with van der Waals surface area (Å²) in [5.41, 5.74) is 0.